The number of ether oxygens (including phenoxy) is 2. The number of hydrogen-bond acceptors (Lipinski definition) is 5. The number of alkyl halides is 3. The maximum atomic E-state index is 13.3. The first-order valence-corrected chi connectivity index (χ1v) is 9.59. The van der Waals surface area contributed by atoms with Crippen molar-refractivity contribution in [3.8, 4) is 0 Å². The Morgan fingerprint density at radius 1 is 1.25 bits per heavy atom. The molecule has 2 fully saturated rings. The number of hydrogen-bond donors (Lipinski definition) is 1. The van der Waals surface area contributed by atoms with E-state index < -0.39 is 11.7 Å². The van der Waals surface area contributed by atoms with Crippen molar-refractivity contribution in [1.82, 2.24) is 5.32 Å². The Hall–Kier alpha value is -1.80. The number of carbonyl (C=O) groups excluding carboxylic acids is 1. The molecule has 0 unspecified atom stereocenters. The molecule has 8 heteroatoms. The number of piperidine rings is 1. The molecule has 1 aromatic carbocycles. The quantitative estimate of drug-likeness (QED) is 0.770. The maximum Gasteiger partial charge on any atom is 0.416 e. The number of anilines is 1. The first-order valence-electron chi connectivity index (χ1n) is 9.59. The highest BCUT2D eigenvalue weighted by molar-refractivity contribution is 5.73. The fourth-order valence-corrected chi connectivity index (χ4v) is 4.25. The normalized spacial score (nSPS) is 23.8. The average molecular weight is 400 g/mol. The Kier molecular flexibility index (Phi) is 6.50. The zero-order chi connectivity index (χ0) is 20.3. The summed E-state index contributed by atoms with van der Waals surface area (Å²) in [4.78, 5) is 13.7. The van der Waals surface area contributed by atoms with Crippen molar-refractivity contribution in [2.24, 2.45) is 5.92 Å². The van der Waals surface area contributed by atoms with Gasteiger partial charge in [-0.25, -0.2) is 0 Å². The van der Waals surface area contributed by atoms with E-state index in [1.807, 2.05) is 4.90 Å². The van der Waals surface area contributed by atoms with Crippen molar-refractivity contribution in [3.05, 3.63) is 29.3 Å². The topological polar surface area (TPSA) is 50.8 Å². The molecular weight excluding hydrogens is 373 g/mol. The number of methoxy groups -OCH3 is 2. The van der Waals surface area contributed by atoms with Crippen LogP contribution in [0.15, 0.2) is 18.2 Å². The third-order valence-electron chi connectivity index (χ3n) is 5.76. The van der Waals surface area contributed by atoms with Gasteiger partial charge in [-0.1, -0.05) is 6.07 Å². The molecule has 2 aliphatic heterocycles. The van der Waals surface area contributed by atoms with E-state index in [0.29, 0.717) is 44.8 Å². The SMILES string of the molecule is COC[C@H]1C[C@H](c2ccc(C(F)(F)F)cc2N2CCC(C(=O)OC)CC2)CN1. The van der Waals surface area contributed by atoms with E-state index in [2.05, 4.69) is 5.32 Å². The summed E-state index contributed by atoms with van der Waals surface area (Å²) in [6.45, 7) is 2.37. The van der Waals surface area contributed by atoms with Crippen molar-refractivity contribution in [1.29, 1.82) is 0 Å². The fourth-order valence-electron chi connectivity index (χ4n) is 4.25. The lowest BCUT2D eigenvalue weighted by Gasteiger charge is -2.35. The Labute approximate surface area is 163 Å². The van der Waals surface area contributed by atoms with Crippen molar-refractivity contribution in [2.75, 3.05) is 45.4 Å². The summed E-state index contributed by atoms with van der Waals surface area (Å²) in [6.07, 6.45) is -2.40. The van der Waals surface area contributed by atoms with E-state index in [1.165, 1.54) is 19.2 Å². The number of rotatable bonds is 5. The van der Waals surface area contributed by atoms with Gasteiger partial charge in [0.25, 0.3) is 0 Å². The number of benzene rings is 1. The second-order valence-corrected chi connectivity index (χ2v) is 7.55. The lowest BCUT2D eigenvalue weighted by molar-refractivity contribution is -0.146. The van der Waals surface area contributed by atoms with Gasteiger partial charge in [0, 0.05) is 38.5 Å². The molecule has 1 aromatic rings. The monoisotopic (exact) mass is 400 g/mol. The molecule has 0 aromatic heterocycles. The Morgan fingerprint density at radius 3 is 2.57 bits per heavy atom. The Morgan fingerprint density at radius 2 is 1.96 bits per heavy atom. The van der Waals surface area contributed by atoms with Crippen LogP contribution in [0.1, 0.15) is 36.3 Å². The number of nitrogens with zero attached hydrogens (tertiary/aromatic N) is 1. The van der Waals surface area contributed by atoms with E-state index >= 15 is 0 Å². The van der Waals surface area contributed by atoms with Crippen molar-refractivity contribution >= 4 is 11.7 Å². The van der Waals surface area contributed by atoms with E-state index in [9.17, 15) is 18.0 Å². The number of nitrogens with one attached hydrogen (secondary N) is 1. The van der Waals surface area contributed by atoms with Gasteiger partial charge in [-0.2, -0.15) is 13.2 Å². The van der Waals surface area contributed by atoms with E-state index in [0.717, 1.165) is 12.0 Å². The van der Waals surface area contributed by atoms with Crippen LogP contribution in [0.3, 0.4) is 0 Å². The third kappa shape index (κ3) is 4.60. The molecule has 2 atom stereocenters. The molecule has 0 amide bonds. The highest BCUT2D eigenvalue weighted by Gasteiger charge is 2.35. The molecule has 3 rings (SSSR count). The maximum absolute atomic E-state index is 13.3. The molecule has 28 heavy (non-hydrogen) atoms. The molecule has 1 N–H and O–H groups in total. The van der Waals surface area contributed by atoms with Gasteiger partial charge in [0.2, 0.25) is 0 Å². The lowest BCUT2D eigenvalue weighted by atomic mass is 9.91. The molecular formula is C20H27F3N2O3. The second-order valence-electron chi connectivity index (χ2n) is 7.55. The Balaban J connectivity index is 1.84. The molecule has 156 valence electrons. The van der Waals surface area contributed by atoms with Crippen LogP contribution in [0.5, 0.6) is 0 Å². The number of halogens is 3. The standard InChI is InChI=1S/C20H27F3N2O3/c1-27-12-16-9-14(11-24-16)17-4-3-15(20(21,22)23)10-18(17)25-7-5-13(6-8-25)19(26)28-2/h3-4,10,13-14,16,24H,5-9,11-12H2,1-2H3/t14-,16+/m0/s1. The van der Waals surface area contributed by atoms with Gasteiger partial charge in [0.1, 0.15) is 0 Å². The van der Waals surface area contributed by atoms with Crippen molar-refractivity contribution < 1.29 is 27.4 Å². The summed E-state index contributed by atoms with van der Waals surface area (Å²) in [5, 5.41) is 3.38. The fraction of sp³-hybridized carbons (Fsp3) is 0.650. The van der Waals surface area contributed by atoms with Crippen LogP contribution in [-0.2, 0) is 20.4 Å². The molecule has 5 nitrogen and oxygen atoms in total. The summed E-state index contributed by atoms with van der Waals surface area (Å²) < 4.78 is 49.9. The highest BCUT2D eigenvalue weighted by atomic mass is 19.4. The minimum absolute atomic E-state index is 0.135. The zero-order valence-corrected chi connectivity index (χ0v) is 16.2. The van der Waals surface area contributed by atoms with Crippen LogP contribution in [0.4, 0.5) is 18.9 Å². The zero-order valence-electron chi connectivity index (χ0n) is 16.2. The van der Waals surface area contributed by atoms with Gasteiger partial charge < -0.3 is 19.7 Å². The van der Waals surface area contributed by atoms with Crippen LogP contribution in [0.2, 0.25) is 0 Å². The first-order chi connectivity index (χ1) is 13.3. The van der Waals surface area contributed by atoms with Gasteiger partial charge in [-0.05, 0) is 42.9 Å². The van der Waals surface area contributed by atoms with Crippen LogP contribution in [0, 0.1) is 5.92 Å². The van der Waals surface area contributed by atoms with Gasteiger partial charge >= 0.3 is 12.1 Å². The predicted molar refractivity (Wildman–Crippen MR) is 99.4 cm³/mol. The summed E-state index contributed by atoms with van der Waals surface area (Å²) in [5.41, 5.74) is 0.916. The number of carbonyl (C=O) groups is 1. The highest BCUT2D eigenvalue weighted by Crippen LogP contribution is 2.39. The summed E-state index contributed by atoms with van der Waals surface area (Å²) in [6, 6.07) is 4.25. The lowest BCUT2D eigenvalue weighted by Crippen LogP contribution is -2.37. The van der Waals surface area contributed by atoms with Crippen molar-refractivity contribution in [2.45, 2.75) is 37.4 Å². The van der Waals surface area contributed by atoms with Crippen LogP contribution >= 0.6 is 0 Å². The molecule has 0 saturated carbocycles. The third-order valence-corrected chi connectivity index (χ3v) is 5.76. The molecule has 0 aliphatic carbocycles. The van der Waals surface area contributed by atoms with Crippen LogP contribution in [-0.4, -0.2) is 52.5 Å². The van der Waals surface area contributed by atoms with Gasteiger partial charge in [-0.15, -0.1) is 0 Å². The molecule has 2 heterocycles. The molecule has 2 saturated heterocycles. The van der Waals surface area contributed by atoms with Crippen LogP contribution < -0.4 is 10.2 Å². The van der Waals surface area contributed by atoms with Crippen molar-refractivity contribution in [3.63, 3.8) is 0 Å². The minimum atomic E-state index is -4.38. The van der Waals surface area contributed by atoms with E-state index in [-0.39, 0.29) is 23.8 Å². The minimum Gasteiger partial charge on any atom is -0.469 e. The van der Waals surface area contributed by atoms with E-state index in [1.54, 1.807) is 13.2 Å². The summed E-state index contributed by atoms with van der Waals surface area (Å²) >= 11 is 0. The molecule has 0 spiro atoms. The Bertz CT molecular complexity index is 688. The summed E-state index contributed by atoms with van der Waals surface area (Å²) in [5.74, 6) is -0.295. The average Bonchev–Trinajstić information content (AvgIpc) is 3.15. The first kappa shape index (κ1) is 20.9. The van der Waals surface area contributed by atoms with Gasteiger partial charge in [0.05, 0.1) is 25.2 Å². The van der Waals surface area contributed by atoms with Gasteiger partial charge in [-0.3, -0.25) is 4.79 Å². The predicted octanol–water partition coefficient (Wildman–Crippen LogP) is 3.19. The molecule has 2 aliphatic rings. The molecule has 0 radical (unpaired) electrons. The van der Waals surface area contributed by atoms with Gasteiger partial charge in [0.15, 0.2) is 0 Å². The van der Waals surface area contributed by atoms with E-state index in [4.69, 9.17) is 9.47 Å². The van der Waals surface area contributed by atoms with Crippen LogP contribution in [0.25, 0.3) is 0 Å². The number of esters is 1. The summed E-state index contributed by atoms with van der Waals surface area (Å²) in [7, 11) is 3.01. The molecule has 0 bridgehead atoms. The second kappa shape index (κ2) is 8.69. The largest absolute Gasteiger partial charge is 0.469 e. The smallest absolute Gasteiger partial charge is 0.416 e.